The molecule has 2 aromatic rings. The molecule has 0 saturated carbocycles. The van der Waals surface area contributed by atoms with Crippen molar-refractivity contribution in [3.8, 4) is 17.2 Å². The van der Waals surface area contributed by atoms with Gasteiger partial charge in [0, 0.05) is 40.7 Å². The zero-order valence-electron chi connectivity index (χ0n) is 26.2. The van der Waals surface area contributed by atoms with Gasteiger partial charge in [0.1, 0.15) is 24.0 Å². The molecule has 0 aliphatic carbocycles. The molecule has 1 fully saturated rings. The van der Waals surface area contributed by atoms with E-state index < -0.39 is 78.5 Å². The standard InChI is InChI=1S/C31H36O15/c1-7-8-9-10-13-38-21-11-12-22-23(14-21)44-30(37)28(42-19(5)35)25(22)46-31-29(43-20(6)36)27(41-18(4)34)26(40-17(3)33)24(45-31)15-39-16(2)32/h8-9,11-12,14,24,26-27,29,31H,7,10,13,15H2,1-6H3/b9-8+/t24-,26-,27+,29+,31-/m1/s1. The normalized spacial score (nSPS) is 20.9. The largest absolute Gasteiger partial charge is 0.493 e. The number of carbonyl (C=O) groups is 5. The molecule has 0 N–H and O–H groups in total. The Hall–Kier alpha value is -4.92. The molecule has 2 heterocycles. The molecule has 1 saturated heterocycles. The van der Waals surface area contributed by atoms with Crippen molar-refractivity contribution in [2.45, 2.75) is 85.1 Å². The van der Waals surface area contributed by atoms with E-state index in [4.69, 9.17) is 42.3 Å². The highest BCUT2D eigenvalue weighted by Crippen LogP contribution is 2.38. The Balaban J connectivity index is 2.14. The number of esters is 5. The van der Waals surface area contributed by atoms with Crippen LogP contribution in [0.2, 0.25) is 0 Å². The number of fused-ring (bicyclic) bond motifs is 1. The van der Waals surface area contributed by atoms with Gasteiger partial charge in [-0.25, -0.2) is 4.79 Å². The van der Waals surface area contributed by atoms with Crippen LogP contribution >= 0.6 is 0 Å². The van der Waals surface area contributed by atoms with Gasteiger partial charge in [0.15, 0.2) is 18.0 Å². The quantitative estimate of drug-likeness (QED) is 0.101. The van der Waals surface area contributed by atoms with Crippen molar-refractivity contribution in [1.29, 1.82) is 0 Å². The van der Waals surface area contributed by atoms with E-state index in [1.165, 1.54) is 12.1 Å². The summed E-state index contributed by atoms with van der Waals surface area (Å²) in [7, 11) is 0. The van der Waals surface area contributed by atoms with Gasteiger partial charge in [0.2, 0.25) is 12.4 Å². The molecule has 1 aromatic carbocycles. The number of rotatable bonds is 13. The average Bonchev–Trinajstić information content (AvgIpc) is 2.95. The molecule has 15 nitrogen and oxygen atoms in total. The van der Waals surface area contributed by atoms with Crippen molar-refractivity contribution in [2.75, 3.05) is 13.2 Å². The molecule has 0 bridgehead atoms. The van der Waals surface area contributed by atoms with Crippen LogP contribution in [-0.2, 0) is 47.7 Å². The Morgan fingerprint density at radius 2 is 1.46 bits per heavy atom. The number of allylic oxidation sites excluding steroid dienone is 1. The maximum Gasteiger partial charge on any atom is 0.383 e. The van der Waals surface area contributed by atoms with Crippen LogP contribution in [0, 0.1) is 0 Å². The smallest absolute Gasteiger partial charge is 0.383 e. The van der Waals surface area contributed by atoms with Crippen LogP contribution in [-0.4, -0.2) is 73.8 Å². The van der Waals surface area contributed by atoms with Crippen molar-refractivity contribution in [1.82, 2.24) is 0 Å². The van der Waals surface area contributed by atoms with Crippen LogP contribution in [0.5, 0.6) is 17.2 Å². The summed E-state index contributed by atoms with van der Waals surface area (Å²) in [5.74, 6) is -4.80. The molecule has 0 amide bonds. The second kappa shape index (κ2) is 16.4. The first kappa shape index (κ1) is 35.6. The maximum absolute atomic E-state index is 13.1. The number of hydrogen-bond donors (Lipinski definition) is 0. The molecule has 46 heavy (non-hydrogen) atoms. The molecule has 15 heteroatoms. The number of ether oxygens (including phenoxy) is 8. The summed E-state index contributed by atoms with van der Waals surface area (Å²) in [4.78, 5) is 73.1. The van der Waals surface area contributed by atoms with Gasteiger partial charge in [-0.2, -0.15) is 0 Å². The van der Waals surface area contributed by atoms with Gasteiger partial charge in [0.05, 0.1) is 12.0 Å². The summed E-state index contributed by atoms with van der Waals surface area (Å²) in [5, 5.41) is 0.113. The van der Waals surface area contributed by atoms with E-state index in [0.717, 1.165) is 41.0 Å². The lowest BCUT2D eigenvalue weighted by atomic mass is 9.98. The molecule has 250 valence electrons. The van der Waals surface area contributed by atoms with E-state index in [1.807, 2.05) is 19.1 Å². The summed E-state index contributed by atoms with van der Waals surface area (Å²) in [6.45, 7) is 7.22. The van der Waals surface area contributed by atoms with E-state index in [2.05, 4.69) is 0 Å². The summed E-state index contributed by atoms with van der Waals surface area (Å²) in [6.07, 6.45) is -2.18. The van der Waals surface area contributed by atoms with E-state index in [9.17, 15) is 28.8 Å². The third-order valence-electron chi connectivity index (χ3n) is 6.18. The van der Waals surface area contributed by atoms with Crippen LogP contribution in [0.4, 0.5) is 0 Å². The SMILES string of the molecule is CC/C=C/CCOc1ccc2c(O[C@H]3O[C@H](COC(C)=O)[C@@H](OC(C)=O)[C@H](OC(C)=O)[C@@H]3OC(C)=O)c(OC(C)=O)c(=O)oc2c1. The first-order valence-electron chi connectivity index (χ1n) is 14.3. The van der Waals surface area contributed by atoms with E-state index >= 15 is 0 Å². The molecular formula is C31H36O15. The van der Waals surface area contributed by atoms with Gasteiger partial charge < -0.3 is 42.3 Å². The first-order valence-corrected chi connectivity index (χ1v) is 14.3. The Kier molecular flexibility index (Phi) is 12.7. The fourth-order valence-electron chi connectivity index (χ4n) is 4.50. The van der Waals surface area contributed by atoms with Crippen LogP contribution < -0.4 is 19.8 Å². The predicted molar refractivity (Wildman–Crippen MR) is 156 cm³/mol. The fraction of sp³-hybridized carbons (Fsp3) is 0.484. The van der Waals surface area contributed by atoms with Crippen LogP contribution in [0.3, 0.4) is 0 Å². The van der Waals surface area contributed by atoms with E-state index in [1.54, 1.807) is 6.07 Å². The van der Waals surface area contributed by atoms with Crippen molar-refractivity contribution < 1.29 is 66.3 Å². The predicted octanol–water partition coefficient (Wildman–Crippen LogP) is 2.92. The van der Waals surface area contributed by atoms with Gasteiger partial charge in [-0.1, -0.05) is 19.1 Å². The lowest BCUT2D eigenvalue weighted by Crippen LogP contribution is -2.63. The highest BCUT2D eigenvalue weighted by molar-refractivity contribution is 5.87. The van der Waals surface area contributed by atoms with Crippen molar-refractivity contribution in [3.05, 3.63) is 40.8 Å². The Morgan fingerprint density at radius 1 is 0.804 bits per heavy atom. The van der Waals surface area contributed by atoms with Gasteiger partial charge in [-0.05, 0) is 25.0 Å². The van der Waals surface area contributed by atoms with Gasteiger partial charge in [-0.15, -0.1) is 0 Å². The molecule has 1 aliphatic heterocycles. The van der Waals surface area contributed by atoms with Crippen LogP contribution in [0.1, 0.15) is 54.4 Å². The minimum atomic E-state index is -1.72. The average molecular weight is 649 g/mol. The van der Waals surface area contributed by atoms with Gasteiger partial charge in [0.25, 0.3) is 5.75 Å². The minimum absolute atomic E-state index is 0.0249. The number of benzene rings is 1. The van der Waals surface area contributed by atoms with Crippen LogP contribution in [0.15, 0.2) is 39.6 Å². The fourth-order valence-corrected chi connectivity index (χ4v) is 4.50. The third-order valence-corrected chi connectivity index (χ3v) is 6.18. The second-order valence-electron chi connectivity index (χ2n) is 10.0. The lowest BCUT2D eigenvalue weighted by Gasteiger charge is -2.44. The van der Waals surface area contributed by atoms with E-state index in [0.29, 0.717) is 18.8 Å². The Morgan fingerprint density at radius 3 is 2.07 bits per heavy atom. The first-order chi connectivity index (χ1) is 21.8. The molecular weight excluding hydrogens is 612 g/mol. The van der Waals surface area contributed by atoms with E-state index in [-0.39, 0.29) is 16.7 Å². The highest BCUT2D eigenvalue weighted by atomic mass is 16.7. The summed E-state index contributed by atoms with van der Waals surface area (Å²) in [6, 6.07) is 4.46. The Bertz CT molecular complexity index is 1520. The second-order valence-corrected chi connectivity index (χ2v) is 10.0. The third kappa shape index (κ3) is 9.79. The van der Waals surface area contributed by atoms with Gasteiger partial charge in [-0.3, -0.25) is 24.0 Å². The molecule has 0 radical (unpaired) electrons. The zero-order chi connectivity index (χ0) is 34.0. The van der Waals surface area contributed by atoms with Crippen molar-refractivity contribution >= 4 is 40.8 Å². The zero-order valence-corrected chi connectivity index (χ0v) is 26.2. The summed E-state index contributed by atoms with van der Waals surface area (Å²) < 4.78 is 49.7. The molecule has 3 rings (SSSR count). The lowest BCUT2D eigenvalue weighted by molar-refractivity contribution is -0.288. The topological polar surface area (TPSA) is 189 Å². The molecule has 1 aliphatic rings. The maximum atomic E-state index is 13.1. The Labute approximate surface area is 263 Å². The van der Waals surface area contributed by atoms with Crippen molar-refractivity contribution in [3.63, 3.8) is 0 Å². The summed E-state index contributed by atoms with van der Waals surface area (Å²) in [5.41, 5.74) is -1.13. The van der Waals surface area contributed by atoms with Gasteiger partial charge >= 0.3 is 35.5 Å². The number of carbonyl (C=O) groups excluding carboxylic acids is 5. The molecule has 0 spiro atoms. The molecule has 0 unspecified atom stereocenters. The van der Waals surface area contributed by atoms with Crippen molar-refractivity contribution in [2.24, 2.45) is 0 Å². The summed E-state index contributed by atoms with van der Waals surface area (Å²) >= 11 is 0. The van der Waals surface area contributed by atoms with Crippen LogP contribution in [0.25, 0.3) is 11.0 Å². The molecule has 1 aromatic heterocycles. The number of hydrogen-bond acceptors (Lipinski definition) is 15. The highest BCUT2D eigenvalue weighted by Gasteiger charge is 2.53. The molecule has 5 atom stereocenters. The minimum Gasteiger partial charge on any atom is -0.493 e. The monoisotopic (exact) mass is 648 g/mol.